The number of ether oxygens (including phenoxy) is 1. The number of alkyl halides is 2. The lowest BCUT2D eigenvalue weighted by Gasteiger charge is -2.30. The second kappa shape index (κ2) is 7.40. The molecule has 0 aliphatic carbocycles. The Morgan fingerprint density at radius 2 is 2.20 bits per heavy atom. The van der Waals surface area contributed by atoms with Gasteiger partial charge in [0.25, 0.3) is 5.91 Å². The summed E-state index contributed by atoms with van der Waals surface area (Å²) in [6, 6.07) is 5.81. The van der Waals surface area contributed by atoms with Crippen molar-refractivity contribution in [1.29, 1.82) is 0 Å². The van der Waals surface area contributed by atoms with Crippen LogP contribution in [0.15, 0.2) is 24.3 Å². The molecule has 1 fully saturated rings. The van der Waals surface area contributed by atoms with Gasteiger partial charge < -0.3 is 15.4 Å². The fraction of sp³-hybridized carbons (Fsp3) is 0.462. The van der Waals surface area contributed by atoms with Crippen molar-refractivity contribution in [3.05, 3.63) is 29.8 Å². The summed E-state index contributed by atoms with van der Waals surface area (Å²) in [6.45, 7) is -1.75. The van der Waals surface area contributed by atoms with Crippen molar-refractivity contribution in [1.82, 2.24) is 4.90 Å². The van der Waals surface area contributed by atoms with E-state index in [0.717, 1.165) is 12.8 Å². The third-order valence-electron chi connectivity index (χ3n) is 3.05. The van der Waals surface area contributed by atoms with E-state index < -0.39 is 6.61 Å². The van der Waals surface area contributed by atoms with Gasteiger partial charge in [0, 0.05) is 24.7 Å². The van der Waals surface area contributed by atoms with Crippen LogP contribution in [0.2, 0.25) is 0 Å². The van der Waals surface area contributed by atoms with Crippen LogP contribution in [0.25, 0.3) is 0 Å². The van der Waals surface area contributed by atoms with Crippen LogP contribution in [-0.4, -0.2) is 36.5 Å². The first kappa shape index (κ1) is 16.7. The normalized spacial score (nSPS) is 18.6. The molecule has 7 heteroatoms. The zero-order valence-corrected chi connectivity index (χ0v) is 11.6. The molecule has 0 bridgehead atoms. The molecule has 0 unspecified atom stereocenters. The minimum Gasteiger partial charge on any atom is -0.435 e. The van der Waals surface area contributed by atoms with Gasteiger partial charge in [-0.25, -0.2) is 0 Å². The topological polar surface area (TPSA) is 55.6 Å². The van der Waals surface area contributed by atoms with Crippen LogP contribution in [0.3, 0.4) is 0 Å². The smallest absolute Gasteiger partial charge is 0.387 e. The van der Waals surface area contributed by atoms with E-state index in [-0.39, 0.29) is 30.1 Å². The van der Waals surface area contributed by atoms with E-state index in [1.807, 2.05) is 0 Å². The summed E-state index contributed by atoms with van der Waals surface area (Å²) in [5, 5.41) is 0. The fourth-order valence-electron chi connectivity index (χ4n) is 2.18. The Bertz CT molecular complexity index is 460. The molecule has 4 nitrogen and oxygen atoms in total. The predicted molar refractivity (Wildman–Crippen MR) is 73.4 cm³/mol. The average molecular weight is 307 g/mol. The minimum atomic E-state index is -2.89. The van der Waals surface area contributed by atoms with Gasteiger partial charge in [0.05, 0.1) is 0 Å². The van der Waals surface area contributed by atoms with Gasteiger partial charge in [-0.05, 0) is 31.0 Å². The second-order valence-corrected chi connectivity index (χ2v) is 4.56. The molecule has 1 saturated heterocycles. The lowest BCUT2D eigenvalue weighted by molar-refractivity contribution is -0.0499. The summed E-state index contributed by atoms with van der Waals surface area (Å²) in [5.74, 6) is -0.211. The minimum absolute atomic E-state index is 0. The Morgan fingerprint density at radius 1 is 1.45 bits per heavy atom. The highest BCUT2D eigenvalue weighted by Gasteiger charge is 2.22. The van der Waals surface area contributed by atoms with Crippen molar-refractivity contribution in [2.75, 3.05) is 13.1 Å². The number of piperidine rings is 1. The molecule has 2 rings (SSSR count). The lowest BCUT2D eigenvalue weighted by atomic mass is 10.1. The van der Waals surface area contributed by atoms with Crippen molar-refractivity contribution in [2.45, 2.75) is 25.5 Å². The number of halogens is 3. The summed E-state index contributed by atoms with van der Waals surface area (Å²) in [5.41, 5.74) is 6.16. The Morgan fingerprint density at radius 3 is 2.85 bits per heavy atom. The maximum Gasteiger partial charge on any atom is 0.387 e. The van der Waals surface area contributed by atoms with Gasteiger partial charge in [-0.1, -0.05) is 6.07 Å². The van der Waals surface area contributed by atoms with Gasteiger partial charge in [0.2, 0.25) is 0 Å². The molecule has 112 valence electrons. The molecule has 0 radical (unpaired) electrons. The van der Waals surface area contributed by atoms with E-state index >= 15 is 0 Å². The number of carbonyl (C=O) groups is 1. The number of rotatable bonds is 3. The highest BCUT2D eigenvalue weighted by molar-refractivity contribution is 5.94. The molecule has 1 aliphatic heterocycles. The molecule has 0 saturated carbocycles. The standard InChI is InChI=1S/C13H16F2N2O2.ClH/c14-13(15)19-11-5-1-3-9(7-11)12(18)17-6-2-4-10(16)8-17;/h1,3,5,7,10,13H,2,4,6,8,16H2;1H/t10-;/m1./s1. The molecule has 1 aliphatic rings. The summed E-state index contributed by atoms with van der Waals surface area (Å²) < 4.78 is 28.5. The highest BCUT2D eigenvalue weighted by atomic mass is 35.5. The Labute approximate surface area is 122 Å². The lowest BCUT2D eigenvalue weighted by Crippen LogP contribution is -2.45. The van der Waals surface area contributed by atoms with Crippen molar-refractivity contribution in [3.63, 3.8) is 0 Å². The summed E-state index contributed by atoms with van der Waals surface area (Å²) in [7, 11) is 0. The zero-order chi connectivity index (χ0) is 13.8. The van der Waals surface area contributed by atoms with Crippen LogP contribution < -0.4 is 10.5 Å². The molecule has 2 N–H and O–H groups in total. The third kappa shape index (κ3) is 4.31. The van der Waals surface area contributed by atoms with Gasteiger partial charge in [-0.2, -0.15) is 8.78 Å². The van der Waals surface area contributed by atoms with Crippen LogP contribution in [0.1, 0.15) is 23.2 Å². The highest BCUT2D eigenvalue weighted by Crippen LogP contribution is 2.19. The first-order valence-corrected chi connectivity index (χ1v) is 6.16. The summed E-state index contributed by atoms with van der Waals surface area (Å²) in [6.07, 6.45) is 1.76. The van der Waals surface area contributed by atoms with Gasteiger partial charge in [0.1, 0.15) is 5.75 Å². The van der Waals surface area contributed by atoms with E-state index in [4.69, 9.17) is 5.73 Å². The largest absolute Gasteiger partial charge is 0.435 e. The number of likely N-dealkylation sites (tertiary alicyclic amines) is 1. The van der Waals surface area contributed by atoms with Crippen molar-refractivity contribution < 1.29 is 18.3 Å². The Hall–Kier alpha value is -1.40. The number of hydrogen-bond donors (Lipinski definition) is 1. The number of nitrogens with two attached hydrogens (primary N) is 1. The van der Waals surface area contributed by atoms with Gasteiger partial charge >= 0.3 is 6.61 Å². The SMILES string of the molecule is Cl.N[C@@H]1CCCN(C(=O)c2cccc(OC(F)F)c2)C1. The molecule has 1 aromatic carbocycles. The predicted octanol–water partition coefficient (Wildman–Crippen LogP) is 2.27. The number of hydrogen-bond acceptors (Lipinski definition) is 3. The quantitative estimate of drug-likeness (QED) is 0.932. The first-order chi connectivity index (χ1) is 9.06. The summed E-state index contributed by atoms with van der Waals surface area (Å²) in [4.78, 5) is 13.9. The number of benzene rings is 1. The molecular formula is C13H17ClF2N2O2. The average Bonchev–Trinajstić information content (AvgIpc) is 2.37. The molecule has 20 heavy (non-hydrogen) atoms. The van der Waals surface area contributed by atoms with Crippen LogP contribution in [0.4, 0.5) is 8.78 Å². The molecule has 0 spiro atoms. The number of nitrogens with zero attached hydrogens (tertiary/aromatic N) is 1. The molecular weight excluding hydrogens is 290 g/mol. The van der Waals surface area contributed by atoms with Crippen molar-refractivity contribution in [3.8, 4) is 5.75 Å². The van der Waals surface area contributed by atoms with E-state index in [9.17, 15) is 13.6 Å². The van der Waals surface area contributed by atoms with Crippen LogP contribution in [0, 0.1) is 0 Å². The van der Waals surface area contributed by atoms with Gasteiger partial charge in [0.15, 0.2) is 0 Å². The maximum atomic E-state index is 12.2. The molecule has 1 amide bonds. The van der Waals surface area contributed by atoms with Crippen LogP contribution in [0.5, 0.6) is 5.75 Å². The fourth-order valence-corrected chi connectivity index (χ4v) is 2.18. The Balaban J connectivity index is 0.00000200. The molecule has 1 heterocycles. The third-order valence-corrected chi connectivity index (χ3v) is 3.05. The van der Waals surface area contributed by atoms with E-state index in [1.54, 1.807) is 11.0 Å². The molecule has 1 aromatic rings. The summed E-state index contributed by atoms with van der Waals surface area (Å²) >= 11 is 0. The first-order valence-electron chi connectivity index (χ1n) is 6.16. The zero-order valence-electron chi connectivity index (χ0n) is 10.8. The molecule has 1 atom stereocenters. The maximum absolute atomic E-state index is 12.2. The van der Waals surface area contributed by atoms with E-state index in [0.29, 0.717) is 18.7 Å². The van der Waals surface area contributed by atoms with Crippen LogP contribution in [-0.2, 0) is 0 Å². The van der Waals surface area contributed by atoms with E-state index in [1.165, 1.54) is 18.2 Å². The number of carbonyl (C=O) groups excluding carboxylic acids is 1. The van der Waals surface area contributed by atoms with Crippen molar-refractivity contribution in [2.24, 2.45) is 5.73 Å². The van der Waals surface area contributed by atoms with Gasteiger partial charge in [-0.3, -0.25) is 4.79 Å². The van der Waals surface area contributed by atoms with Crippen molar-refractivity contribution >= 4 is 18.3 Å². The molecule has 0 aromatic heterocycles. The van der Waals surface area contributed by atoms with E-state index in [2.05, 4.69) is 4.74 Å². The van der Waals surface area contributed by atoms with Gasteiger partial charge in [-0.15, -0.1) is 12.4 Å². The second-order valence-electron chi connectivity index (χ2n) is 4.56. The van der Waals surface area contributed by atoms with Crippen LogP contribution >= 0.6 is 12.4 Å². The monoisotopic (exact) mass is 306 g/mol. The Kier molecular flexibility index (Phi) is 6.16. The number of amides is 1.